The number of carbonyl (C=O) groups excluding carboxylic acids is 1. The molecule has 0 radical (unpaired) electrons. The zero-order chi connectivity index (χ0) is 14.9. The lowest BCUT2D eigenvalue weighted by Gasteiger charge is -2.22. The lowest BCUT2D eigenvalue weighted by atomic mass is 9.90. The van der Waals surface area contributed by atoms with Gasteiger partial charge >= 0.3 is 0 Å². The third-order valence-corrected chi connectivity index (χ3v) is 5.26. The van der Waals surface area contributed by atoms with Gasteiger partial charge in [0.05, 0.1) is 5.69 Å². The van der Waals surface area contributed by atoms with Crippen LogP contribution in [0, 0.1) is 5.41 Å². The van der Waals surface area contributed by atoms with E-state index in [0.29, 0.717) is 17.1 Å². The Morgan fingerprint density at radius 1 is 1.45 bits per heavy atom. The highest BCUT2D eigenvalue weighted by atomic mass is 79.9. The maximum absolute atomic E-state index is 12.3. The molecular formula is C15H19BrN2OS. The summed E-state index contributed by atoms with van der Waals surface area (Å²) in [6.45, 7) is 7.05. The summed E-state index contributed by atoms with van der Waals surface area (Å²) in [6, 6.07) is 5.89. The van der Waals surface area contributed by atoms with Crippen molar-refractivity contribution in [3.05, 3.63) is 27.5 Å². The molecule has 0 saturated carbocycles. The van der Waals surface area contributed by atoms with Gasteiger partial charge in [-0.05, 0) is 30.0 Å². The first-order valence-electron chi connectivity index (χ1n) is 6.60. The van der Waals surface area contributed by atoms with E-state index in [4.69, 9.17) is 5.73 Å². The van der Waals surface area contributed by atoms with Crippen LogP contribution in [0.15, 0.2) is 22.7 Å². The summed E-state index contributed by atoms with van der Waals surface area (Å²) in [5.74, 6) is -0.0821. The third-order valence-electron chi connectivity index (χ3n) is 3.58. The molecule has 5 heteroatoms. The highest BCUT2D eigenvalue weighted by molar-refractivity contribution is 9.10. The minimum absolute atomic E-state index is 0.0821. The van der Waals surface area contributed by atoms with Gasteiger partial charge in [0.25, 0.3) is 5.91 Å². The lowest BCUT2D eigenvalue weighted by molar-refractivity contribution is 0.0940. The van der Waals surface area contributed by atoms with Crippen molar-refractivity contribution in [1.29, 1.82) is 0 Å². The molecule has 0 bridgehead atoms. The second kappa shape index (κ2) is 5.74. The number of carbonyl (C=O) groups is 1. The second-order valence-corrected chi connectivity index (χ2v) is 7.65. The number of benzene rings is 1. The Labute approximate surface area is 131 Å². The number of nitrogens with two attached hydrogens (primary N) is 1. The van der Waals surface area contributed by atoms with E-state index in [1.807, 2.05) is 18.2 Å². The zero-order valence-corrected chi connectivity index (χ0v) is 14.3. The number of hydrogen-bond acceptors (Lipinski definition) is 3. The summed E-state index contributed by atoms with van der Waals surface area (Å²) >= 11 is 4.87. The van der Waals surface area contributed by atoms with Gasteiger partial charge in [0, 0.05) is 21.1 Å². The smallest absolute Gasteiger partial charge is 0.263 e. The molecule has 0 aliphatic rings. The molecule has 3 N–H and O–H groups in total. The van der Waals surface area contributed by atoms with Crippen molar-refractivity contribution < 1.29 is 4.79 Å². The molecule has 20 heavy (non-hydrogen) atoms. The Balaban J connectivity index is 2.25. The summed E-state index contributed by atoms with van der Waals surface area (Å²) in [6.07, 6.45) is 1.02. The van der Waals surface area contributed by atoms with Crippen LogP contribution in [-0.4, -0.2) is 12.5 Å². The van der Waals surface area contributed by atoms with Crippen molar-refractivity contribution in [2.45, 2.75) is 27.2 Å². The Morgan fingerprint density at radius 3 is 2.80 bits per heavy atom. The van der Waals surface area contributed by atoms with E-state index in [9.17, 15) is 4.79 Å². The van der Waals surface area contributed by atoms with Crippen molar-refractivity contribution >= 4 is 48.9 Å². The van der Waals surface area contributed by atoms with Crippen LogP contribution in [0.2, 0.25) is 0 Å². The Bertz CT molecular complexity index is 649. The van der Waals surface area contributed by atoms with Crippen LogP contribution >= 0.6 is 27.3 Å². The van der Waals surface area contributed by atoms with Crippen molar-refractivity contribution in [3.8, 4) is 0 Å². The Kier molecular flexibility index (Phi) is 4.39. The fourth-order valence-electron chi connectivity index (χ4n) is 1.78. The number of fused-ring (bicyclic) bond motifs is 1. The summed E-state index contributed by atoms with van der Waals surface area (Å²) in [5.41, 5.74) is 6.78. The van der Waals surface area contributed by atoms with Crippen molar-refractivity contribution in [2.24, 2.45) is 5.41 Å². The molecule has 3 nitrogen and oxygen atoms in total. The Hall–Kier alpha value is -1.07. The normalized spacial score (nSPS) is 11.8. The number of rotatable bonds is 4. The maximum atomic E-state index is 12.3. The molecule has 2 aromatic rings. The number of halogens is 1. The highest BCUT2D eigenvalue weighted by Crippen LogP contribution is 2.35. The van der Waals surface area contributed by atoms with Gasteiger partial charge < -0.3 is 11.1 Å². The SMILES string of the molecule is CCC(C)(C)CNC(=O)c1sc2ccc(Br)cc2c1N. The predicted octanol–water partition coefficient (Wildman–Crippen LogP) is 4.41. The number of anilines is 1. The van der Waals surface area contributed by atoms with Crippen LogP contribution in [-0.2, 0) is 0 Å². The van der Waals surface area contributed by atoms with E-state index in [1.165, 1.54) is 11.3 Å². The van der Waals surface area contributed by atoms with Gasteiger partial charge in [-0.1, -0.05) is 36.7 Å². The number of hydrogen-bond donors (Lipinski definition) is 2. The quantitative estimate of drug-likeness (QED) is 0.853. The molecule has 0 saturated heterocycles. The van der Waals surface area contributed by atoms with Gasteiger partial charge in [-0.2, -0.15) is 0 Å². The molecule has 1 aromatic heterocycles. The van der Waals surface area contributed by atoms with Crippen LogP contribution in [0.5, 0.6) is 0 Å². The van der Waals surface area contributed by atoms with Gasteiger partial charge in [0.2, 0.25) is 0 Å². The van der Waals surface area contributed by atoms with Crippen molar-refractivity contribution in [2.75, 3.05) is 12.3 Å². The van der Waals surface area contributed by atoms with Crippen LogP contribution in [0.3, 0.4) is 0 Å². The lowest BCUT2D eigenvalue weighted by Crippen LogP contribution is -2.33. The standard InChI is InChI=1S/C15H19BrN2OS/c1-4-15(2,3)8-18-14(19)13-12(17)10-7-9(16)5-6-11(10)20-13/h5-7H,4,8,17H2,1-3H3,(H,18,19). The second-order valence-electron chi connectivity index (χ2n) is 5.69. The molecule has 2 rings (SSSR count). The fraction of sp³-hybridized carbons (Fsp3) is 0.400. The van der Waals surface area contributed by atoms with E-state index < -0.39 is 0 Å². The number of amides is 1. The minimum atomic E-state index is -0.0821. The first-order valence-corrected chi connectivity index (χ1v) is 8.21. The number of thiophene rings is 1. The van der Waals surface area contributed by atoms with Gasteiger partial charge in [-0.15, -0.1) is 11.3 Å². The van der Waals surface area contributed by atoms with Crippen molar-refractivity contribution in [1.82, 2.24) is 5.32 Å². The van der Waals surface area contributed by atoms with Gasteiger partial charge in [-0.3, -0.25) is 4.79 Å². The zero-order valence-electron chi connectivity index (χ0n) is 11.9. The fourth-order valence-corrected chi connectivity index (χ4v) is 3.16. The predicted molar refractivity (Wildman–Crippen MR) is 90.3 cm³/mol. The minimum Gasteiger partial charge on any atom is -0.397 e. The number of nitrogen functional groups attached to an aromatic ring is 1. The van der Waals surface area contributed by atoms with E-state index in [-0.39, 0.29) is 11.3 Å². The van der Waals surface area contributed by atoms with Crippen LogP contribution in [0.4, 0.5) is 5.69 Å². The summed E-state index contributed by atoms with van der Waals surface area (Å²) in [7, 11) is 0. The first kappa shape index (κ1) is 15.3. The largest absolute Gasteiger partial charge is 0.397 e. The molecule has 108 valence electrons. The highest BCUT2D eigenvalue weighted by Gasteiger charge is 2.20. The van der Waals surface area contributed by atoms with Crippen LogP contribution in [0.1, 0.15) is 36.9 Å². The monoisotopic (exact) mass is 354 g/mol. The molecule has 0 aliphatic heterocycles. The average Bonchev–Trinajstić information content (AvgIpc) is 2.74. The van der Waals surface area contributed by atoms with E-state index in [1.54, 1.807) is 0 Å². The van der Waals surface area contributed by atoms with E-state index in [0.717, 1.165) is 21.0 Å². The van der Waals surface area contributed by atoms with Gasteiger partial charge in [-0.25, -0.2) is 0 Å². The molecule has 1 aromatic carbocycles. The molecular weight excluding hydrogens is 336 g/mol. The molecule has 1 amide bonds. The van der Waals surface area contributed by atoms with E-state index in [2.05, 4.69) is 42.0 Å². The molecule has 0 spiro atoms. The van der Waals surface area contributed by atoms with Crippen LogP contribution in [0.25, 0.3) is 10.1 Å². The maximum Gasteiger partial charge on any atom is 0.263 e. The summed E-state index contributed by atoms with van der Waals surface area (Å²) in [4.78, 5) is 12.9. The molecule has 0 aliphatic carbocycles. The summed E-state index contributed by atoms with van der Waals surface area (Å²) < 4.78 is 2.00. The molecule has 0 atom stereocenters. The Morgan fingerprint density at radius 2 is 2.15 bits per heavy atom. The van der Waals surface area contributed by atoms with E-state index >= 15 is 0 Å². The summed E-state index contributed by atoms with van der Waals surface area (Å²) in [5, 5.41) is 3.92. The number of nitrogens with one attached hydrogen (secondary N) is 1. The first-order chi connectivity index (χ1) is 9.34. The topological polar surface area (TPSA) is 55.1 Å². The third kappa shape index (κ3) is 3.15. The average molecular weight is 355 g/mol. The van der Waals surface area contributed by atoms with Crippen LogP contribution < -0.4 is 11.1 Å². The van der Waals surface area contributed by atoms with Gasteiger partial charge in [0.15, 0.2) is 0 Å². The van der Waals surface area contributed by atoms with Crippen molar-refractivity contribution in [3.63, 3.8) is 0 Å². The molecule has 0 fully saturated rings. The molecule has 0 unspecified atom stereocenters. The molecule has 1 heterocycles. The van der Waals surface area contributed by atoms with Gasteiger partial charge in [0.1, 0.15) is 4.88 Å².